The van der Waals surface area contributed by atoms with Crippen LogP contribution in [0, 0.1) is 17.3 Å². The van der Waals surface area contributed by atoms with Crippen molar-refractivity contribution < 1.29 is 10.2 Å². The maximum atomic E-state index is 10.4. The number of hydrogen-bond acceptors (Lipinski definition) is 2. The van der Waals surface area contributed by atoms with Crippen molar-refractivity contribution in [2.24, 2.45) is 17.3 Å². The zero-order valence-corrected chi connectivity index (χ0v) is 14.4. The van der Waals surface area contributed by atoms with Crippen LogP contribution in [0.1, 0.15) is 49.7 Å². The molecule has 3 aliphatic carbocycles. The number of aliphatic hydroxyl groups excluding tert-OH is 1. The van der Waals surface area contributed by atoms with Crippen molar-refractivity contribution in [3.63, 3.8) is 0 Å². The van der Waals surface area contributed by atoms with Gasteiger partial charge in [0.15, 0.2) is 0 Å². The van der Waals surface area contributed by atoms with E-state index in [-0.39, 0.29) is 11.5 Å². The summed E-state index contributed by atoms with van der Waals surface area (Å²) in [5.74, 6) is 2.05. The highest BCUT2D eigenvalue weighted by atomic mass is 127. The second-order valence-electron chi connectivity index (χ2n) is 7.21. The van der Waals surface area contributed by atoms with Gasteiger partial charge < -0.3 is 10.2 Å². The number of fused-ring (bicyclic) bond motifs is 5. The van der Waals surface area contributed by atoms with Gasteiger partial charge in [0.25, 0.3) is 0 Å². The summed E-state index contributed by atoms with van der Waals surface area (Å²) < 4.78 is 1.25. The van der Waals surface area contributed by atoms with Crippen molar-refractivity contribution >= 4 is 26.2 Å². The van der Waals surface area contributed by atoms with Crippen LogP contribution >= 0.6 is 22.6 Å². The molecule has 3 aliphatic rings. The van der Waals surface area contributed by atoms with E-state index in [2.05, 4.69) is 41.7 Å². The lowest BCUT2D eigenvalue weighted by atomic mass is 9.57. The molecular weight excluding hydrogens is 375 g/mol. The van der Waals surface area contributed by atoms with E-state index in [1.54, 1.807) is 0 Å². The number of benzene rings is 1. The zero-order valence-electron chi connectivity index (χ0n) is 12.2. The van der Waals surface area contributed by atoms with E-state index in [4.69, 9.17) is 0 Å². The van der Waals surface area contributed by atoms with Crippen LogP contribution in [0.25, 0.3) is 3.58 Å². The first kappa shape index (κ1) is 14.1. The lowest BCUT2D eigenvalue weighted by Crippen LogP contribution is -2.42. The molecule has 0 heterocycles. The normalized spacial score (nSPS) is 41.0. The van der Waals surface area contributed by atoms with Crippen LogP contribution in [0.2, 0.25) is 0 Å². The lowest BCUT2D eigenvalue weighted by molar-refractivity contribution is -0.00799. The fourth-order valence-corrected chi connectivity index (χ4v) is 5.98. The van der Waals surface area contributed by atoms with Crippen LogP contribution in [0.3, 0.4) is 0 Å². The lowest BCUT2D eigenvalue weighted by Gasteiger charge is -2.48. The van der Waals surface area contributed by atoms with Crippen LogP contribution in [-0.4, -0.2) is 16.3 Å². The smallest absolute Gasteiger partial charge is 0.116 e. The van der Waals surface area contributed by atoms with E-state index in [0.717, 1.165) is 25.7 Å². The first-order chi connectivity index (χ1) is 10.0. The number of aromatic hydroxyl groups is 1. The Bertz CT molecular complexity index is 624. The first-order valence-corrected chi connectivity index (χ1v) is 8.97. The molecule has 4 rings (SSSR count). The fraction of sp³-hybridized carbons (Fsp3) is 0.556. The molecule has 0 aliphatic heterocycles. The summed E-state index contributed by atoms with van der Waals surface area (Å²) in [5.41, 5.74) is 2.70. The van der Waals surface area contributed by atoms with Crippen molar-refractivity contribution in [3.05, 3.63) is 35.4 Å². The van der Waals surface area contributed by atoms with Gasteiger partial charge in [0.05, 0.1) is 6.10 Å². The minimum Gasteiger partial charge on any atom is -0.508 e. The van der Waals surface area contributed by atoms with Crippen LogP contribution < -0.4 is 0 Å². The third kappa shape index (κ3) is 1.93. The second-order valence-corrected chi connectivity index (χ2v) is 8.38. The minimum atomic E-state index is -0.129. The summed E-state index contributed by atoms with van der Waals surface area (Å²) in [6, 6.07) is 5.84. The monoisotopic (exact) mass is 396 g/mol. The molecule has 0 radical (unpaired) electrons. The van der Waals surface area contributed by atoms with Gasteiger partial charge in [-0.25, -0.2) is 0 Å². The van der Waals surface area contributed by atoms with Crippen LogP contribution in [-0.2, 0) is 0 Å². The Kier molecular flexibility index (Phi) is 3.16. The van der Waals surface area contributed by atoms with Crippen LogP contribution in [0.15, 0.2) is 24.3 Å². The van der Waals surface area contributed by atoms with Crippen molar-refractivity contribution in [3.8, 4) is 5.75 Å². The van der Waals surface area contributed by atoms with Gasteiger partial charge in [-0.1, -0.05) is 19.1 Å². The molecule has 3 heteroatoms. The maximum Gasteiger partial charge on any atom is 0.116 e. The number of aliphatic hydroxyl groups is 1. The molecule has 112 valence electrons. The number of phenols is 1. The Hall–Kier alpha value is -0.550. The van der Waals surface area contributed by atoms with Crippen molar-refractivity contribution in [1.29, 1.82) is 0 Å². The highest BCUT2D eigenvalue weighted by Crippen LogP contribution is 2.61. The second kappa shape index (κ2) is 4.72. The Morgan fingerprint density at radius 2 is 2.05 bits per heavy atom. The van der Waals surface area contributed by atoms with Crippen molar-refractivity contribution in [2.75, 3.05) is 0 Å². The topological polar surface area (TPSA) is 40.5 Å². The summed E-state index contributed by atoms with van der Waals surface area (Å²) in [7, 11) is 0. The van der Waals surface area contributed by atoms with E-state index >= 15 is 0 Å². The molecule has 2 fully saturated rings. The van der Waals surface area contributed by atoms with Gasteiger partial charge in [0, 0.05) is 3.58 Å². The highest BCUT2D eigenvalue weighted by Gasteiger charge is 2.54. The van der Waals surface area contributed by atoms with Crippen molar-refractivity contribution in [1.82, 2.24) is 0 Å². The molecule has 0 amide bonds. The molecule has 0 unspecified atom stereocenters. The van der Waals surface area contributed by atoms with Gasteiger partial charge in [-0.3, -0.25) is 0 Å². The van der Waals surface area contributed by atoms with Gasteiger partial charge in [-0.15, -0.1) is 0 Å². The number of rotatable bonds is 0. The van der Waals surface area contributed by atoms with Crippen molar-refractivity contribution in [2.45, 2.75) is 44.6 Å². The van der Waals surface area contributed by atoms with E-state index in [0.29, 0.717) is 23.5 Å². The predicted molar refractivity (Wildman–Crippen MR) is 92.4 cm³/mol. The summed E-state index contributed by atoms with van der Waals surface area (Å²) in [6.07, 6.45) is 6.64. The summed E-state index contributed by atoms with van der Waals surface area (Å²) in [5, 5.41) is 20.2. The first-order valence-electron chi connectivity index (χ1n) is 7.89. The van der Waals surface area contributed by atoms with E-state index < -0.39 is 0 Å². The molecule has 21 heavy (non-hydrogen) atoms. The molecule has 2 nitrogen and oxygen atoms in total. The SMILES string of the molecule is C[C@]12CC[C@@H]3c4ccc(O)cc4C(I)=C[C@H]3[C@@H]1CC[C@@H]2O. The third-order valence-electron chi connectivity index (χ3n) is 6.32. The molecule has 1 aromatic carbocycles. The number of phenolic OH excluding ortho intramolecular Hbond substituents is 1. The molecule has 0 saturated heterocycles. The van der Waals surface area contributed by atoms with Gasteiger partial charge >= 0.3 is 0 Å². The summed E-state index contributed by atoms with van der Waals surface area (Å²) in [4.78, 5) is 0. The molecule has 5 atom stereocenters. The Morgan fingerprint density at radius 3 is 2.86 bits per heavy atom. The largest absolute Gasteiger partial charge is 0.508 e. The molecular formula is C18H21IO2. The maximum absolute atomic E-state index is 10.4. The van der Waals surface area contributed by atoms with Gasteiger partial charge in [-0.2, -0.15) is 0 Å². The number of halogens is 1. The molecule has 1 aromatic rings. The molecule has 0 bridgehead atoms. The molecule has 0 spiro atoms. The van der Waals surface area contributed by atoms with Gasteiger partial charge in [0.2, 0.25) is 0 Å². The number of allylic oxidation sites excluding steroid dienone is 1. The Morgan fingerprint density at radius 1 is 1.24 bits per heavy atom. The quantitative estimate of drug-likeness (QED) is 0.636. The van der Waals surface area contributed by atoms with E-state index in [1.807, 2.05) is 12.1 Å². The standard InChI is InChI=1S/C18H21IO2/c1-18-7-6-12-11-3-2-10(20)8-14(11)16(19)9-13(12)15(18)4-5-17(18)21/h2-3,8-9,12-13,15,17,20-21H,4-7H2,1H3/t12-,13-,15+,17+,18+/m1/s1. The average molecular weight is 396 g/mol. The molecule has 2 N–H and O–H groups in total. The third-order valence-corrected chi connectivity index (χ3v) is 7.26. The Labute approximate surface area is 139 Å². The summed E-state index contributed by atoms with van der Waals surface area (Å²) >= 11 is 2.41. The number of hydrogen-bond donors (Lipinski definition) is 2. The van der Waals surface area contributed by atoms with Crippen LogP contribution in [0.4, 0.5) is 0 Å². The van der Waals surface area contributed by atoms with Gasteiger partial charge in [-0.05, 0) is 94.7 Å². The zero-order chi connectivity index (χ0) is 14.8. The predicted octanol–water partition coefficient (Wildman–Crippen LogP) is 4.45. The average Bonchev–Trinajstić information content (AvgIpc) is 2.76. The minimum absolute atomic E-state index is 0.100. The highest BCUT2D eigenvalue weighted by molar-refractivity contribution is 14.1. The molecule has 0 aromatic heterocycles. The van der Waals surface area contributed by atoms with Gasteiger partial charge in [0.1, 0.15) is 5.75 Å². The fourth-order valence-electron chi connectivity index (χ4n) is 5.10. The summed E-state index contributed by atoms with van der Waals surface area (Å²) in [6.45, 7) is 2.29. The molecule has 2 saturated carbocycles. The Balaban J connectivity index is 1.80. The van der Waals surface area contributed by atoms with E-state index in [9.17, 15) is 10.2 Å². The van der Waals surface area contributed by atoms with E-state index in [1.165, 1.54) is 14.7 Å². The van der Waals surface area contributed by atoms with Crippen LogP contribution in [0.5, 0.6) is 5.75 Å².